The summed E-state index contributed by atoms with van der Waals surface area (Å²) in [5, 5.41) is 0. The molecule has 2 N–H and O–H groups in total. The lowest BCUT2D eigenvalue weighted by Crippen LogP contribution is -2.43. The third-order valence-electron chi connectivity index (χ3n) is 3.08. The van der Waals surface area contributed by atoms with Gasteiger partial charge in [0.2, 0.25) is 0 Å². The Hall–Kier alpha value is 0.0900. The first-order valence-electron chi connectivity index (χ1n) is 5.46. The van der Waals surface area contributed by atoms with Crippen LogP contribution in [0, 0.1) is 5.92 Å². The number of nitrogens with zero attached hydrogens (tertiary/aromatic N) is 1. The zero-order valence-corrected chi connectivity index (χ0v) is 13.4. The molecule has 1 heterocycles. The Morgan fingerprint density at radius 3 is 2.71 bits per heavy atom. The van der Waals surface area contributed by atoms with E-state index in [-0.39, 0.29) is 11.9 Å². The van der Waals surface area contributed by atoms with Crippen LogP contribution in [0.25, 0.3) is 0 Å². The molecule has 3 nitrogen and oxygen atoms in total. The predicted octanol–water partition coefficient (Wildman–Crippen LogP) is 3.08. The normalized spacial score (nSPS) is 16.9. The molecule has 2 rings (SSSR count). The molecule has 0 bridgehead atoms. The van der Waals surface area contributed by atoms with Crippen LogP contribution in [-0.4, -0.2) is 30.4 Å². The monoisotopic (exact) mass is 380 g/mol. The average Bonchev–Trinajstić information content (AvgIpc) is 3.06. The molecule has 1 amide bonds. The number of hydrogen-bond acceptors (Lipinski definition) is 3. The highest BCUT2D eigenvalue weighted by molar-refractivity contribution is 9.13. The van der Waals surface area contributed by atoms with Gasteiger partial charge in [-0.25, -0.2) is 0 Å². The highest BCUT2D eigenvalue weighted by atomic mass is 79.9. The molecule has 0 spiro atoms. The Morgan fingerprint density at radius 2 is 2.29 bits per heavy atom. The first kappa shape index (κ1) is 13.5. The molecule has 1 saturated carbocycles. The zero-order chi connectivity index (χ0) is 12.6. The van der Waals surface area contributed by atoms with Gasteiger partial charge in [0.1, 0.15) is 0 Å². The number of thiophene rings is 1. The van der Waals surface area contributed by atoms with E-state index in [4.69, 9.17) is 5.73 Å². The second-order valence-electron chi connectivity index (χ2n) is 4.29. The average molecular weight is 382 g/mol. The van der Waals surface area contributed by atoms with Crippen LogP contribution in [0.2, 0.25) is 0 Å². The minimum absolute atomic E-state index is 0.0590. The van der Waals surface area contributed by atoms with Gasteiger partial charge in [-0.1, -0.05) is 0 Å². The van der Waals surface area contributed by atoms with Gasteiger partial charge in [0, 0.05) is 24.1 Å². The summed E-state index contributed by atoms with van der Waals surface area (Å²) in [4.78, 5) is 14.8. The van der Waals surface area contributed by atoms with Crippen LogP contribution in [-0.2, 0) is 0 Å². The van der Waals surface area contributed by atoms with Gasteiger partial charge in [0.05, 0.1) is 8.66 Å². The maximum absolute atomic E-state index is 12.3. The zero-order valence-electron chi connectivity index (χ0n) is 9.45. The largest absolute Gasteiger partial charge is 0.336 e. The lowest BCUT2D eigenvalue weighted by Gasteiger charge is -2.26. The fraction of sp³-hybridized carbons (Fsp3) is 0.545. The molecule has 17 heavy (non-hydrogen) atoms. The van der Waals surface area contributed by atoms with Crippen LogP contribution in [0.3, 0.4) is 0 Å². The Morgan fingerprint density at radius 1 is 1.65 bits per heavy atom. The number of hydrogen-bond donors (Lipinski definition) is 1. The summed E-state index contributed by atoms with van der Waals surface area (Å²) >= 11 is 8.25. The Kier molecular flexibility index (Phi) is 4.28. The maximum Gasteiger partial charge on any atom is 0.264 e. The van der Waals surface area contributed by atoms with Crippen LogP contribution < -0.4 is 5.73 Å². The van der Waals surface area contributed by atoms with E-state index < -0.39 is 0 Å². The third kappa shape index (κ3) is 2.92. The summed E-state index contributed by atoms with van der Waals surface area (Å²) in [5.74, 6) is 0.657. The number of nitrogens with two attached hydrogens (primary N) is 1. The molecule has 1 aliphatic rings. The topological polar surface area (TPSA) is 46.3 Å². The van der Waals surface area contributed by atoms with E-state index in [9.17, 15) is 4.79 Å². The number of likely N-dealkylation sites (N-methyl/N-ethyl adjacent to an activating group) is 1. The van der Waals surface area contributed by atoms with Crippen molar-refractivity contribution in [3.05, 3.63) is 19.2 Å². The maximum atomic E-state index is 12.3. The molecule has 1 unspecified atom stereocenters. The van der Waals surface area contributed by atoms with E-state index in [1.165, 1.54) is 24.2 Å². The van der Waals surface area contributed by atoms with Crippen LogP contribution in [0.4, 0.5) is 0 Å². The molecule has 1 aromatic rings. The van der Waals surface area contributed by atoms with Crippen molar-refractivity contribution in [3.8, 4) is 0 Å². The van der Waals surface area contributed by atoms with Gasteiger partial charge >= 0.3 is 0 Å². The Balaban J connectivity index is 2.13. The second-order valence-corrected chi connectivity index (χ2v) is 7.51. The Labute approximate surface area is 122 Å². The summed E-state index contributed by atoms with van der Waals surface area (Å²) < 4.78 is 1.87. The molecule has 0 aromatic carbocycles. The molecule has 6 heteroatoms. The molecule has 1 aromatic heterocycles. The molecule has 0 aliphatic heterocycles. The number of halogens is 2. The fourth-order valence-corrected chi connectivity index (χ4v) is 3.94. The van der Waals surface area contributed by atoms with Crippen molar-refractivity contribution in [1.82, 2.24) is 4.90 Å². The van der Waals surface area contributed by atoms with Crippen LogP contribution in [0.5, 0.6) is 0 Å². The van der Waals surface area contributed by atoms with E-state index in [1.54, 1.807) is 4.90 Å². The summed E-state index contributed by atoms with van der Waals surface area (Å²) in [6.45, 7) is 0.542. The minimum atomic E-state index is 0.0590. The minimum Gasteiger partial charge on any atom is -0.336 e. The van der Waals surface area contributed by atoms with Crippen molar-refractivity contribution in [2.24, 2.45) is 11.7 Å². The van der Waals surface area contributed by atoms with Crippen LogP contribution >= 0.6 is 43.2 Å². The molecule has 1 fully saturated rings. The number of carbonyl (C=O) groups is 1. The van der Waals surface area contributed by atoms with Gasteiger partial charge < -0.3 is 10.6 Å². The van der Waals surface area contributed by atoms with Gasteiger partial charge in [-0.05, 0) is 56.7 Å². The predicted molar refractivity (Wildman–Crippen MR) is 77.4 cm³/mol. The smallest absolute Gasteiger partial charge is 0.264 e. The molecular formula is C11H14Br2N2OS. The van der Waals surface area contributed by atoms with Crippen molar-refractivity contribution in [1.29, 1.82) is 0 Å². The quantitative estimate of drug-likeness (QED) is 0.870. The van der Waals surface area contributed by atoms with E-state index in [1.807, 2.05) is 13.1 Å². The first-order chi connectivity index (χ1) is 8.04. The van der Waals surface area contributed by atoms with Crippen molar-refractivity contribution >= 4 is 49.1 Å². The van der Waals surface area contributed by atoms with Crippen LogP contribution in [0.15, 0.2) is 14.3 Å². The SMILES string of the molecule is CN(C(=O)c1cc(Br)c(Br)s1)C(CN)C1CC1. The number of amides is 1. The molecule has 94 valence electrons. The number of rotatable bonds is 4. The Bertz CT molecular complexity index is 412. The summed E-state index contributed by atoms with van der Waals surface area (Å²) in [6.07, 6.45) is 2.38. The highest BCUT2D eigenvalue weighted by Gasteiger charge is 2.35. The van der Waals surface area contributed by atoms with Crippen molar-refractivity contribution in [3.63, 3.8) is 0 Å². The number of carbonyl (C=O) groups excluding carboxylic acids is 1. The highest BCUT2D eigenvalue weighted by Crippen LogP contribution is 2.37. The van der Waals surface area contributed by atoms with E-state index in [2.05, 4.69) is 31.9 Å². The van der Waals surface area contributed by atoms with Gasteiger partial charge in [-0.2, -0.15) is 0 Å². The van der Waals surface area contributed by atoms with Crippen LogP contribution in [0.1, 0.15) is 22.5 Å². The van der Waals surface area contributed by atoms with Crippen molar-refractivity contribution < 1.29 is 4.79 Å². The first-order valence-corrected chi connectivity index (χ1v) is 7.87. The second kappa shape index (κ2) is 5.38. The summed E-state index contributed by atoms with van der Waals surface area (Å²) in [6, 6.07) is 2.04. The molecule has 0 saturated heterocycles. The lowest BCUT2D eigenvalue weighted by atomic mass is 10.1. The molecule has 1 atom stereocenters. The van der Waals surface area contributed by atoms with E-state index >= 15 is 0 Å². The van der Waals surface area contributed by atoms with E-state index in [0.717, 1.165) is 13.1 Å². The summed E-state index contributed by atoms with van der Waals surface area (Å²) in [7, 11) is 1.85. The van der Waals surface area contributed by atoms with Crippen molar-refractivity contribution in [2.75, 3.05) is 13.6 Å². The fourth-order valence-electron chi connectivity index (χ4n) is 1.92. The third-order valence-corrected chi connectivity index (χ3v) is 6.33. The van der Waals surface area contributed by atoms with E-state index in [0.29, 0.717) is 12.5 Å². The van der Waals surface area contributed by atoms with Crippen molar-refractivity contribution in [2.45, 2.75) is 18.9 Å². The standard InChI is InChI=1S/C11H14Br2N2OS/c1-15(8(5-14)6-2-3-6)11(16)9-4-7(12)10(13)17-9/h4,6,8H,2-3,5,14H2,1H3. The van der Waals surface area contributed by atoms with Gasteiger partial charge in [0.15, 0.2) is 0 Å². The molecule has 1 aliphatic carbocycles. The van der Waals surface area contributed by atoms with Gasteiger partial charge in [0.25, 0.3) is 5.91 Å². The summed E-state index contributed by atoms with van der Waals surface area (Å²) in [5.41, 5.74) is 5.76. The van der Waals surface area contributed by atoms with Gasteiger partial charge in [-0.15, -0.1) is 11.3 Å². The lowest BCUT2D eigenvalue weighted by molar-refractivity contribution is 0.0723. The van der Waals surface area contributed by atoms with Gasteiger partial charge in [-0.3, -0.25) is 4.79 Å². The molecule has 0 radical (unpaired) electrons. The molecular weight excluding hydrogens is 368 g/mol.